The number of urea groups is 1. The molecule has 1 aromatic heterocycles. The average Bonchev–Trinajstić information content (AvgIpc) is 3.34. The van der Waals surface area contributed by atoms with Crippen molar-refractivity contribution >= 4 is 45.9 Å². The van der Waals surface area contributed by atoms with Gasteiger partial charge in [0.25, 0.3) is 5.91 Å². The largest absolute Gasteiger partial charge is 0.336 e. The van der Waals surface area contributed by atoms with Crippen LogP contribution in [-0.2, 0) is 4.79 Å². The molecule has 1 N–H and O–H groups in total. The second-order valence-corrected chi connectivity index (χ2v) is 10.5. The highest BCUT2D eigenvalue weighted by Gasteiger charge is 2.46. The summed E-state index contributed by atoms with van der Waals surface area (Å²) in [5, 5.41) is 5.14. The molecule has 0 radical (unpaired) electrons. The molecule has 3 aliphatic rings. The first kappa shape index (κ1) is 23.9. The summed E-state index contributed by atoms with van der Waals surface area (Å²) in [4.78, 5) is 47.1. The van der Waals surface area contributed by atoms with Crippen molar-refractivity contribution in [2.75, 3.05) is 18.0 Å². The average molecular weight is 521 g/mol. The maximum Gasteiger partial charge on any atom is 0.329 e. The molecule has 2 saturated heterocycles. The van der Waals surface area contributed by atoms with Crippen molar-refractivity contribution in [2.45, 2.75) is 43.8 Å². The van der Waals surface area contributed by atoms with Gasteiger partial charge in [-0.25, -0.2) is 14.1 Å². The number of hydrogen-bond acceptors (Lipinski definition) is 4. The van der Waals surface area contributed by atoms with Crippen molar-refractivity contribution in [2.24, 2.45) is 5.92 Å². The highest BCUT2D eigenvalue weighted by molar-refractivity contribution is 6.32. The first-order valence-corrected chi connectivity index (χ1v) is 13.0. The Bertz CT molecular complexity index is 1410. The summed E-state index contributed by atoms with van der Waals surface area (Å²) in [6.07, 6.45) is 4.25. The molecule has 2 aromatic carbocycles. The quantitative estimate of drug-likeness (QED) is 0.522. The number of rotatable bonds is 3. The summed E-state index contributed by atoms with van der Waals surface area (Å²) in [5.41, 5.74) is 1.66. The summed E-state index contributed by atoms with van der Waals surface area (Å²) in [5.74, 6) is -0.970. The van der Waals surface area contributed by atoms with Gasteiger partial charge in [-0.1, -0.05) is 41.9 Å². The Morgan fingerprint density at radius 2 is 1.89 bits per heavy atom. The van der Waals surface area contributed by atoms with E-state index in [1.54, 1.807) is 30.6 Å². The number of nitrogens with zero attached hydrogens (tertiary/aromatic N) is 3. The van der Waals surface area contributed by atoms with Crippen LogP contribution >= 0.6 is 11.6 Å². The van der Waals surface area contributed by atoms with Crippen LogP contribution in [0.2, 0.25) is 5.02 Å². The second kappa shape index (κ2) is 9.41. The predicted octanol–water partition coefficient (Wildman–Crippen LogP) is 5.08. The van der Waals surface area contributed by atoms with Crippen LogP contribution in [0.15, 0.2) is 54.9 Å². The molecule has 3 unspecified atom stereocenters. The summed E-state index contributed by atoms with van der Waals surface area (Å²) < 4.78 is 13.8. The van der Waals surface area contributed by atoms with Gasteiger partial charge in [0, 0.05) is 40.1 Å². The Kier molecular flexibility index (Phi) is 6.07. The number of carbonyl (C=O) groups is 3. The lowest BCUT2D eigenvalue weighted by Gasteiger charge is -2.43. The molecular formula is C28H26ClFN4O3. The molecule has 37 heavy (non-hydrogen) atoms. The maximum absolute atomic E-state index is 13.8. The molecule has 190 valence electrons. The van der Waals surface area contributed by atoms with Crippen LogP contribution in [0, 0.1) is 5.92 Å². The third kappa shape index (κ3) is 4.13. The fraction of sp³-hybridized carbons (Fsp3) is 0.357. The number of nitrogens with one attached hydrogen (secondary N) is 1. The van der Waals surface area contributed by atoms with E-state index in [4.69, 9.17) is 11.6 Å². The number of imide groups is 1. The smallest absolute Gasteiger partial charge is 0.329 e. The van der Waals surface area contributed by atoms with Crippen molar-refractivity contribution < 1.29 is 18.8 Å². The van der Waals surface area contributed by atoms with Gasteiger partial charge in [0.1, 0.15) is 6.17 Å². The van der Waals surface area contributed by atoms with Gasteiger partial charge >= 0.3 is 6.03 Å². The fourth-order valence-electron chi connectivity index (χ4n) is 6.09. The highest BCUT2D eigenvalue weighted by Crippen LogP contribution is 2.43. The first-order chi connectivity index (χ1) is 17.9. The van der Waals surface area contributed by atoms with Gasteiger partial charge in [-0.2, -0.15) is 0 Å². The van der Waals surface area contributed by atoms with Crippen LogP contribution < -0.4 is 10.2 Å². The minimum absolute atomic E-state index is 0.0869. The number of amides is 4. The predicted molar refractivity (Wildman–Crippen MR) is 138 cm³/mol. The van der Waals surface area contributed by atoms with Crippen molar-refractivity contribution in [1.29, 1.82) is 0 Å². The zero-order valence-electron chi connectivity index (χ0n) is 20.1. The highest BCUT2D eigenvalue weighted by atomic mass is 35.5. The molecular weight excluding hydrogens is 495 g/mol. The molecule has 1 saturated carbocycles. The maximum atomic E-state index is 13.8. The lowest BCUT2D eigenvalue weighted by molar-refractivity contribution is -0.124. The van der Waals surface area contributed by atoms with E-state index in [1.165, 1.54) is 9.80 Å². The monoisotopic (exact) mass is 520 g/mol. The van der Waals surface area contributed by atoms with E-state index in [0.717, 1.165) is 16.3 Å². The van der Waals surface area contributed by atoms with E-state index in [0.29, 0.717) is 48.5 Å². The summed E-state index contributed by atoms with van der Waals surface area (Å²) in [6, 6.07) is 11.9. The van der Waals surface area contributed by atoms with E-state index in [9.17, 15) is 18.8 Å². The van der Waals surface area contributed by atoms with Gasteiger partial charge in [0.05, 0.1) is 24.3 Å². The Labute approximate surface area is 218 Å². The van der Waals surface area contributed by atoms with Gasteiger partial charge < -0.3 is 10.2 Å². The van der Waals surface area contributed by atoms with Crippen LogP contribution in [0.25, 0.3) is 10.8 Å². The molecule has 0 spiro atoms. The number of carbonyl (C=O) groups excluding carboxylic acids is 3. The molecule has 6 rings (SSSR count). The Balaban J connectivity index is 1.27. The third-order valence-electron chi connectivity index (χ3n) is 7.90. The number of alkyl halides is 1. The van der Waals surface area contributed by atoms with Crippen LogP contribution in [0.3, 0.4) is 0 Å². The lowest BCUT2D eigenvalue weighted by Crippen LogP contribution is -2.61. The fourth-order valence-corrected chi connectivity index (χ4v) is 6.42. The number of fused-ring (bicyclic) bond motifs is 2. The normalized spacial score (nSPS) is 25.8. The number of pyridine rings is 1. The van der Waals surface area contributed by atoms with E-state index in [-0.39, 0.29) is 36.2 Å². The molecule has 3 fully saturated rings. The summed E-state index contributed by atoms with van der Waals surface area (Å²) >= 11 is 6.62. The van der Waals surface area contributed by atoms with Gasteiger partial charge in [-0.05, 0) is 49.3 Å². The molecule has 4 amide bonds. The van der Waals surface area contributed by atoms with E-state index >= 15 is 0 Å². The standard InChI is InChI=1S/C28H26ClFN4O3/c29-22-7-3-6-21(26(35)33-11-10-18(30)15-33)25(22)16-8-9-20-23(12-16)32-28(37)34(27(20)36)24-14-31-13-17-4-1-2-5-19(17)24/h1-7,13-14,16,18,20,23H,8-12,15H2,(H,32,37)/t16?,18-,20?,23?/m0/s1. The SMILES string of the molecule is O=C(c1cccc(Cl)c1C1CCC2C(=O)N(c3cncc4ccccc34)C(=O)NC2C1)N1CC[C@H](F)C1. The van der Waals surface area contributed by atoms with Crippen molar-refractivity contribution in [3.05, 3.63) is 71.0 Å². The molecule has 2 aliphatic heterocycles. The Hall–Kier alpha value is -3.52. The van der Waals surface area contributed by atoms with Gasteiger partial charge in [-0.3, -0.25) is 14.6 Å². The minimum atomic E-state index is -1.01. The van der Waals surface area contributed by atoms with Crippen molar-refractivity contribution in [3.8, 4) is 0 Å². The van der Waals surface area contributed by atoms with Crippen LogP contribution in [0.5, 0.6) is 0 Å². The van der Waals surface area contributed by atoms with E-state index < -0.39 is 12.2 Å². The van der Waals surface area contributed by atoms with Gasteiger partial charge in [-0.15, -0.1) is 0 Å². The van der Waals surface area contributed by atoms with Crippen LogP contribution in [-0.4, -0.2) is 53.0 Å². The summed E-state index contributed by atoms with van der Waals surface area (Å²) in [6.45, 7) is 0.467. The molecule has 4 atom stereocenters. The molecule has 9 heteroatoms. The molecule has 1 aliphatic carbocycles. The molecule has 3 heterocycles. The number of likely N-dealkylation sites (tertiary alicyclic amines) is 1. The summed E-state index contributed by atoms with van der Waals surface area (Å²) in [7, 11) is 0. The third-order valence-corrected chi connectivity index (χ3v) is 8.23. The molecule has 3 aromatic rings. The number of aromatic nitrogens is 1. The van der Waals surface area contributed by atoms with E-state index in [1.807, 2.05) is 24.3 Å². The number of halogens is 2. The zero-order chi connectivity index (χ0) is 25.7. The first-order valence-electron chi connectivity index (χ1n) is 12.6. The second-order valence-electron chi connectivity index (χ2n) is 10.1. The van der Waals surface area contributed by atoms with Crippen molar-refractivity contribution in [1.82, 2.24) is 15.2 Å². The Morgan fingerprint density at radius 3 is 2.70 bits per heavy atom. The number of benzene rings is 2. The lowest BCUT2D eigenvalue weighted by atomic mass is 9.73. The number of anilines is 1. The van der Waals surface area contributed by atoms with Crippen LogP contribution in [0.4, 0.5) is 14.9 Å². The van der Waals surface area contributed by atoms with E-state index in [2.05, 4.69) is 10.3 Å². The zero-order valence-corrected chi connectivity index (χ0v) is 20.8. The number of hydrogen-bond donors (Lipinski definition) is 1. The Morgan fingerprint density at radius 1 is 1.05 bits per heavy atom. The topological polar surface area (TPSA) is 82.6 Å². The van der Waals surface area contributed by atoms with Crippen LogP contribution in [0.1, 0.15) is 47.5 Å². The van der Waals surface area contributed by atoms with Crippen molar-refractivity contribution in [3.63, 3.8) is 0 Å². The minimum Gasteiger partial charge on any atom is -0.336 e. The molecule has 7 nitrogen and oxygen atoms in total. The van der Waals surface area contributed by atoms with Gasteiger partial charge in [0.2, 0.25) is 5.91 Å². The molecule has 0 bridgehead atoms. The van der Waals surface area contributed by atoms with Gasteiger partial charge in [0.15, 0.2) is 0 Å².